The molecule has 1 N–H and O–H groups in total. The normalized spacial score (nSPS) is 22.1. The fourth-order valence-electron chi connectivity index (χ4n) is 2.19. The molecule has 19 heavy (non-hydrogen) atoms. The predicted octanol–water partition coefficient (Wildman–Crippen LogP) is 2.48. The highest BCUT2D eigenvalue weighted by molar-refractivity contribution is 7.10. The molecule has 0 bridgehead atoms. The van der Waals surface area contributed by atoms with Gasteiger partial charge in [0.2, 0.25) is 5.91 Å². The van der Waals surface area contributed by atoms with Crippen LogP contribution in [0.4, 0.5) is 0 Å². The van der Waals surface area contributed by atoms with Gasteiger partial charge in [-0.2, -0.15) is 0 Å². The van der Waals surface area contributed by atoms with Crippen LogP contribution in [0.1, 0.15) is 36.6 Å². The Balaban J connectivity index is 2.08. The molecule has 0 aromatic carbocycles. The maximum atomic E-state index is 12.3. The number of amides is 1. The van der Waals surface area contributed by atoms with Gasteiger partial charge >= 0.3 is 5.97 Å². The fourth-order valence-corrected chi connectivity index (χ4v) is 3.30. The van der Waals surface area contributed by atoms with Gasteiger partial charge in [0.25, 0.3) is 0 Å². The van der Waals surface area contributed by atoms with Crippen molar-refractivity contribution in [2.45, 2.75) is 38.6 Å². The van der Waals surface area contributed by atoms with E-state index < -0.39 is 11.5 Å². The topological polar surface area (TPSA) is 57.6 Å². The summed E-state index contributed by atoms with van der Waals surface area (Å²) in [4.78, 5) is 26.2. The second-order valence-electron chi connectivity index (χ2n) is 5.68. The molecule has 104 valence electrons. The Hall–Kier alpha value is -1.36. The molecule has 2 rings (SSSR count). The first kappa shape index (κ1) is 14.1. The van der Waals surface area contributed by atoms with Gasteiger partial charge in [0.1, 0.15) is 5.54 Å². The average Bonchev–Trinajstić information content (AvgIpc) is 3.02. The highest BCUT2D eigenvalue weighted by atomic mass is 32.1. The smallest absolute Gasteiger partial charge is 0.329 e. The van der Waals surface area contributed by atoms with Gasteiger partial charge in [0.15, 0.2) is 0 Å². The van der Waals surface area contributed by atoms with E-state index in [-0.39, 0.29) is 17.7 Å². The maximum absolute atomic E-state index is 12.3. The molecule has 1 aliphatic rings. The zero-order valence-corrected chi connectivity index (χ0v) is 12.5. The molecular formula is C14H19NO3S. The first-order valence-electron chi connectivity index (χ1n) is 6.32. The summed E-state index contributed by atoms with van der Waals surface area (Å²) in [6, 6.07) is 2.06. The van der Waals surface area contributed by atoms with E-state index in [1.807, 2.05) is 5.38 Å². The van der Waals surface area contributed by atoms with E-state index in [0.717, 1.165) is 6.42 Å². The quantitative estimate of drug-likeness (QED) is 0.922. The lowest BCUT2D eigenvalue weighted by Gasteiger charge is -2.31. The molecule has 0 saturated heterocycles. The number of thiophene rings is 1. The van der Waals surface area contributed by atoms with E-state index in [9.17, 15) is 9.59 Å². The second kappa shape index (κ2) is 4.63. The van der Waals surface area contributed by atoms with E-state index in [0.29, 0.717) is 0 Å². The van der Waals surface area contributed by atoms with E-state index in [1.165, 1.54) is 15.3 Å². The van der Waals surface area contributed by atoms with Gasteiger partial charge < -0.3 is 10.0 Å². The van der Waals surface area contributed by atoms with Crippen LogP contribution in [0.3, 0.4) is 0 Å². The molecule has 5 heteroatoms. The van der Waals surface area contributed by atoms with Crippen LogP contribution in [0, 0.1) is 12.8 Å². The lowest BCUT2D eigenvalue weighted by atomic mass is 10.0. The predicted molar refractivity (Wildman–Crippen MR) is 74.4 cm³/mol. The maximum Gasteiger partial charge on any atom is 0.329 e. The molecule has 1 aromatic rings. The summed E-state index contributed by atoms with van der Waals surface area (Å²) in [5, 5.41) is 11.2. The van der Waals surface area contributed by atoms with Gasteiger partial charge in [-0.3, -0.25) is 4.79 Å². The van der Waals surface area contributed by atoms with E-state index in [1.54, 1.807) is 32.2 Å². The standard InChI is InChI=1S/C14H19NO3S/c1-8-5-6-19-11(8)9-7-10(9)12(16)15(4)14(2,3)13(17)18/h5-6,9-10H,7H2,1-4H3,(H,17,18). The first-order chi connectivity index (χ1) is 8.76. The minimum Gasteiger partial charge on any atom is -0.480 e. The molecule has 4 nitrogen and oxygen atoms in total. The molecule has 1 aliphatic carbocycles. The van der Waals surface area contributed by atoms with Crippen molar-refractivity contribution in [3.63, 3.8) is 0 Å². The molecule has 1 fully saturated rings. The van der Waals surface area contributed by atoms with Crippen molar-refractivity contribution in [2.75, 3.05) is 7.05 Å². The van der Waals surface area contributed by atoms with Crippen LogP contribution in [0.2, 0.25) is 0 Å². The van der Waals surface area contributed by atoms with E-state index in [2.05, 4.69) is 13.0 Å². The fraction of sp³-hybridized carbons (Fsp3) is 0.571. The van der Waals surface area contributed by atoms with Crippen LogP contribution in [-0.4, -0.2) is 34.5 Å². The molecule has 0 aliphatic heterocycles. The van der Waals surface area contributed by atoms with Crippen molar-refractivity contribution < 1.29 is 14.7 Å². The van der Waals surface area contributed by atoms with Crippen LogP contribution in [-0.2, 0) is 9.59 Å². The van der Waals surface area contributed by atoms with Crippen molar-refractivity contribution in [1.29, 1.82) is 0 Å². The van der Waals surface area contributed by atoms with Crippen LogP contribution in [0.15, 0.2) is 11.4 Å². The van der Waals surface area contributed by atoms with Gasteiger partial charge in [-0.1, -0.05) is 0 Å². The second-order valence-corrected chi connectivity index (χ2v) is 6.63. The van der Waals surface area contributed by atoms with Crippen molar-refractivity contribution in [3.8, 4) is 0 Å². The number of likely N-dealkylation sites (N-methyl/N-ethyl adjacent to an activating group) is 1. The molecule has 2 atom stereocenters. The third-order valence-corrected chi connectivity index (χ3v) is 5.19. The number of rotatable bonds is 4. The number of carboxylic acid groups (broad SMARTS) is 1. The van der Waals surface area contributed by atoms with Crippen molar-refractivity contribution >= 4 is 23.2 Å². The summed E-state index contributed by atoms with van der Waals surface area (Å²) in [5.74, 6) is -0.821. The summed E-state index contributed by atoms with van der Waals surface area (Å²) >= 11 is 1.68. The van der Waals surface area contributed by atoms with E-state index >= 15 is 0 Å². The Bertz CT molecular complexity index is 521. The minimum absolute atomic E-state index is 0.0547. The van der Waals surface area contributed by atoms with Gasteiger partial charge in [0.05, 0.1) is 0 Å². The Morgan fingerprint density at radius 3 is 2.58 bits per heavy atom. The van der Waals surface area contributed by atoms with Gasteiger partial charge in [-0.05, 0) is 44.2 Å². The largest absolute Gasteiger partial charge is 0.480 e. The molecule has 1 aromatic heterocycles. The zero-order chi connectivity index (χ0) is 14.4. The molecular weight excluding hydrogens is 262 g/mol. The third kappa shape index (κ3) is 2.39. The Morgan fingerprint density at radius 1 is 1.47 bits per heavy atom. The monoisotopic (exact) mass is 281 g/mol. The molecule has 0 radical (unpaired) electrons. The van der Waals surface area contributed by atoms with Crippen LogP contribution in [0.5, 0.6) is 0 Å². The highest BCUT2D eigenvalue weighted by Gasteiger charge is 2.49. The number of carbonyl (C=O) groups excluding carboxylic acids is 1. The lowest BCUT2D eigenvalue weighted by molar-refractivity contribution is -0.155. The number of hydrogen-bond acceptors (Lipinski definition) is 3. The number of carboxylic acids is 1. The number of aliphatic carboxylic acids is 1. The average molecular weight is 281 g/mol. The van der Waals surface area contributed by atoms with Crippen molar-refractivity contribution in [1.82, 2.24) is 4.90 Å². The molecule has 1 saturated carbocycles. The first-order valence-corrected chi connectivity index (χ1v) is 7.19. The summed E-state index contributed by atoms with van der Waals surface area (Å²) in [7, 11) is 1.58. The van der Waals surface area contributed by atoms with Crippen LogP contribution in [0.25, 0.3) is 0 Å². The lowest BCUT2D eigenvalue weighted by Crippen LogP contribution is -2.51. The SMILES string of the molecule is Cc1ccsc1C1CC1C(=O)N(C)C(C)(C)C(=O)O. The third-order valence-electron chi connectivity index (χ3n) is 4.04. The van der Waals surface area contributed by atoms with Crippen molar-refractivity contribution in [3.05, 3.63) is 21.9 Å². The number of carbonyl (C=O) groups is 2. The summed E-state index contributed by atoms with van der Waals surface area (Å²) in [6.07, 6.45) is 0.834. The minimum atomic E-state index is -1.16. The highest BCUT2D eigenvalue weighted by Crippen LogP contribution is 2.51. The summed E-state index contributed by atoms with van der Waals surface area (Å²) in [5.41, 5.74) is 0.0692. The molecule has 1 heterocycles. The number of hydrogen-bond donors (Lipinski definition) is 1. The van der Waals surface area contributed by atoms with Gasteiger partial charge in [-0.15, -0.1) is 11.3 Å². The Morgan fingerprint density at radius 2 is 2.11 bits per heavy atom. The molecule has 1 amide bonds. The molecule has 2 unspecified atom stereocenters. The number of aryl methyl sites for hydroxylation is 1. The Labute approximate surface area is 117 Å². The van der Waals surface area contributed by atoms with Gasteiger partial charge in [0, 0.05) is 23.8 Å². The summed E-state index contributed by atoms with van der Waals surface area (Å²) in [6.45, 7) is 5.17. The summed E-state index contributed by atoms with van der Waals surface area (Å²) < 4.78 is 0. The van der Waals surface area contributed by atoms with Crippen LogP contribution >= 0.6 is 11.3 Å². The Kier molecular flexibility index (Phi) is 3.43. The van der Waals surface area contributed by atoms with E-state index in [4.69, 9.17) is 5.11 Å². The van der Waals surface area contributed by atoms with Crippen LogP contribution < -0.4 is 0 Å². The number of nitrogens with zero attached hydrogens (tertiary/aromatic N) is 1. The molecule has 0 spiro atoms. The van der Waals surface area contributed by atoms with Gasteiger partial charge in [-0.25, -0.2) is 4.79 Å². The van der Waals surface area contributed by atoms with Crippen molar-refractivity contribution in [2.24, 2.45) is 5.92 Å². The zero-order valence-electron chi connectivity index (χ0n) is 11.6.